The van der Waals surface area contributed by atoms with Crippen LogP contribution in [0.2, 0.25) is 5.02 Å². The molecule has 0 amide bonds. The SMILES string of the molecule is Cc1ccc(-n2cc(C(C)(C)N)nn2)cc1Cl. The van der Waals surface area contributed by atoms with Gasteiger partial charge in [0.05, 0.1) is 17.4 Å². The number of rotatable bonds is 2. The van der Waals surface area contributed by atoms with E-state index in [-0.39, 0.29) is 0 Å². The zero-order valence-corrected chi connectivity index (χ0v) is 10.9. The van der Waals surface area contributed by atoms with Gasteiger partial charge in [0, 0.05) is 5.02 Å². The topological polar surface area (TPSA) is 56.7 Å². The molecule has 2 rings (SSSR count). The fraction of sp³-hybridized carbons (Fsp3) is 0.333. The maximum atomic E-state index is 6.07. The number of nitrogens with zero attached hydrogens (tertiary/aromatic N) is 3. The van der Waals surface area contributed by atoms with Crippen molar-refractivity contribution in [1.29, 1.82) is 0 Å². The highest BCUT2D eigenvalue weighted by atomic mass is 35.5. The van der Waals surface area contributed by atoms with Crippen LogP contribution < -0.4 is 5.73 Å². The minimum Gasteiger partial charge on any atom is -0.320 e. The van der Waals surface area contributed by atoms with Crippen molar-refractivity contribution in [2.24, 2.45) is 5.73 Å². The monoisotopic (exact) mass is 250 g/mol. The Hall–Kier alpha value is -1.39. The lowest BCUT2D eigenvalue weighted by Crippen LogP contribution is -2.29. The first kappa shape index (κ1) is 12.1. The minimum atomic E-state index is -0.493. The molecule has 0 atom stereocenters. The minimum absolute atomic E-state index is 0.493. The van der Waals surface area contributed by atoms with E-state index in [1.807, 2.05) is 45.2 Å². The normalized spacial score (nSPS) is 11.8. The lowest BCUT2D eigenvalue weighted by Gasteiger charge is -2.13. The van der Waals surface area contributed by atoms with E-state index in [4.69, 9.17) is 17.3 Å². The molecule has 1 aromatic carbocycles. The molecule has 0 fully saturated rings. The van der Waals surface area contributed by atoms with Crippen LogP contribution in [-0.4, -0.2) is 15.0 Å². The van der Waals surface area contributed by atoms with Gasteiger partial charge in [0.2, 0.25) is 0 Å². The number of hydrogen-bond acceptors (Lipinski definition) is 3. The predicted molar refractivity (Wildman–Crippen MR) is 68.3 cm³/mol. The summed E-state index contributed by atoms with van der Waals surface area (Å²) in [5.41, 5.74) is 8.13. The number of benzene rings is 1. The molecule has 1 heterocycles. The molecule has 0 aliphatic heterocycles. The number of halogens is 1. The second kappa shape index (κ2) is 4.13. The quantitative estimate of drug-likeness (QED) is 0.891. The van der Waals surface area contributed by atoms with E-state index in [0.29, 0.717) is 5.02 Å². The lowest BCUT2D eigenvalue weighted by atomic mass is 10.0. The van der Waals surface area contributed by atoms with E-state index in [0.717, 1.165) is 16.9 Å². The van der Waals surface area contributed by atoms with E-state index in [9.17, 15) is 0 Å². The van der Waals surface area contributed by atoms with E-state index in [1.54, 1.807) is 4.68 Å². The lowest BCUT2D eigenvalue weighted by molar-refractivity contribution is 0.533. The predicted octanol–water partition coefficient (Wildman–Crippen LogP) is 2.42. The van der Waals surface area contributed by atoms with Gasteiger partial charge in [-0.25, -0.2) is 4.68 Å². The summed E-state index contributed by atoms with van der Waals surface area (Å²) >= 11 is 6.07. The van der Waals surface area contributed by atoms with Gasteiger partial charge in [-0.3, -0.25) is 0 Å². The van der Waals surface area contributed by atoms with E-state index < -0.39 is 5.54 Å². The van der Waals surface area contributed by atoms with Gasteiger partial charge in [-0.15, -0.1) is 5.10 Å². The average Bonchev–Trinajstić information content (AvgIpc) is 2.70. The first-order chi connectivity index (χ1) is 7.88. The summed E-state index contributed by atoms with van der Waals surface area (Å²) in [4.78, 5) is 0. The highest BCUT2D eigenvalue weighted by Gasteiger charge is 2.18. The molecule has 0 aliphatic rings. The van der Waals surface area contributed by atoms with Gasteiger partial charge >= 0.3 is 0 Å². The third-order valence-electron chi connectivity index (χ3n) is 2.57. The van der Waals surface area contributed by atoms with Gasteiger partial charge in [0.25, 0.3) is 0 Å². The molecule has 4 nitrogen and oxygen atoms in total. The van der Waals surface area contributed by atoms with Crippen molar-refractivity contribution in [1.82, 2.24) is 15.0 Å². The Morgan fingerprint density at radius 3 is 2.59 bits per heavy atom. The van der Waals surface area contributed by atoms with Crippen LogP contribution in [0, 0.1) is 6.92 Å². The van der Waals surface area contributed by atoms with E-state index in [2.05, 4.69) is 10.3 Å². The van der Waals surface area contributed by atoms with Crippen LogP contribution in [0.15, 0.2) is 24.4 Å². The number of hydrogen-bond donors (Lipinski definition) is 1. The average molecular weight is 251 g/mol. The van der Waals surface area contributed by atoms with Crippen molar-refractivity contribution in [2.75, 3.05) is 0 Å². The maximum Gasteiger partial charge on any atom is 0.102 e. The van der Waals surface area contributed by atoms with E-state index in [1.165, 1.54) is 0 Å². The van der Waals surface area contributed by atoms with Crippen LogP contribution in [0.3, 0.4) is 0 Å². The summed E-state index contributed by atoms with van der Waals surface area (Å²) < 4.78 is 1.68. The van der Waals surface area contributed by atoms with Crippen molar-refractivity contribution in [3.05, 3.63) is 40.7 Å². The molecule has 0 bridgehead atoms. The molecule has 0 radical (unpaired) electrons. The summed E-state index contributed by atoms with van der Waals surface area (Å²) in [6.07, 6.45) is 1.82. The number of nitrogens with two attached hydrogens (primary N) is 1. The van der Waals surface area contributed by atoms with E-state index >= 15 is 0 Å². The molecule has 0 aliphatic carbocycles. The third kappa shape index (κ3) is 2.48. The van der Waals surface area contributed by atoms with Crippen LogP contribution in [0.4, 0.5) is 0 Å². The largest absolute Gasteiger partial charge is 0.320 e. The van der Waals surface area contributed by atoms with Crippen LogP contribution >= 0.6 is 11.6 Å². The maximum absolute atomic E-state index is 6.07. The van der Waals surface area contributed by atoms with Crippen molar-refractivity contribution in [3.8, 4) is 5.69 Å². The fourth-order valence-electron chi connectivity index (χ4n) is 1.41. The van der Waals surface area contributed by atoms with Crippen molar-refractivity contribution >= 4 is 11.6 Å². The van der Waals surface area contributed by atoms with Gasteiger partial charge < -0.3 is 5.73 Å². The molecular formula is C12H15ClN4. The summed E-state index contributed by atoms with van der Waals surface area (Å²) in [7, 11) is 0. The number of aryl methyl sites for hydroxylation is 1. The second-order valence-electron chi connectivity index (χ2n) is 4.70. The van der Waals surface area contributed by atoms with Crippen LogP contribution in [0.1, 0.15) is 25.1 Å². The molecule has 0 saturated heterocycles. The van der Waals surface area contributed by atoms with Crippen LogP contribution in [0.25, 0.3) is 5.69 Å². The van der Waals surface area contributed by atoms with Crippen molar-refractivity contribution < 1.29 is 0 Å². The first-order valence-electron chi connectivity index (χ1n) is 5.36. The summed E-state index contributed by atoms with van der Waals surface area (Å²) in [6.45, 7) is 5.74. The summed E-state index contributed by atoms with van der Waals surface area (Å²) in [6, 6.07) is 5.76. The standard InChI is InChI=1S/C12H15ClN4/c1-8-4-5-9(6-10(8)13)17-7-11(15-16-17)12(2,3)14/h4-7H,14H2,1-3H3. The van der Waals surface area contributed by atoms with Gasteiger partial charge in [-0.05, 0) is 38.5 Å². The van der Waals surface area contributed by atoms with Crippen molar-refractivity contribution in [2.45, 2.75) is 26.3 Å². The van der Waals surface area contributed by atoms with Crippen LogP contribution in [-0.2, 0) is 5.54 Å². The molecule has 0 unspecified atom stereocenters. The van der Waals surface area contributed by atoms with Gasteiger partial charge in [0.1, 0.15) is 5.69 Å². The Labute approximate surface area is 105 Å². The Kier molecular flexibility index (Phi) is 2.93. The molecule has 1 aromatic heterocycles. The molecule has 17 heavy (non-hydrogen) atoms. The molecule has 5 heteroatoms. The Balaban J connectivity index is 2.40. The third-order valence-corrected chi connectivity index (χ3v) is 2.98. The molecule has 2 aromatic rings. The van der Waals surface area contributed by atoms with Crippen molar-refractivity contribution in [3.63, 3.8) is 0 Å². The Morgan fingerprint density at radius 2 is 2.06 bits per heavy atom. The summed E-state index contributed by atoms with van der Waals surface area (Å²) in [5, 5.41) is 8.83. The zero-order valence-electron chi connectivity index (χ0n) is 10.1. The molecule has 0 saturated carbocycles. The number of aromatic nitrogens is 3. The van der Waals surface area contributed by atoms with Gasteiger partial charge in [0.15, 0.2) is 0 Å². The van der Waals surface area contributed by atoms with Crippen LogP contribution in [0.5, 0.6) is 0 Å². The fourth-order valence-corrected chi connectivity index (χ4v) is 1.58. The summed E-state index contributed by atoms with van der Waals surface area (Å²) in [5.74, 6) is 0. The van der Waals surface area contributed by atoms with Gasteiger partial charge in [-0.2, -0.15) is 0 Å². The van der Waals surface area contributed by atoms with Gasteiger partial charge in [-0.1, -0.05) is 22.9 Å². The molecule has 90 valence electrons. The zero-order chi connectivity index (χ0) is 12.6. The molecule has 0 spiro atoms. The highest BCUT2D eigenvalue weighted by molar-refractivity contribution is 6.31. The Morgan fingerprint density at radius 1 is 1.35 bits per heavy atom. The molecular weight excluding hydrogens is 236 g/mol. The Bertz CT molecular complexity index is 540. The second-order valence-corrected chi connectivity index (χ2v) is 5.11. The molecule has 2 N–H and O–H groups in total. The first-order valence-corrected chi connectivity index (χ1v) is 5.74. The smallest absolute Gasteiger partial charge is 0.102 e. The highest BCUT2D eigenvalue weighted by Crippen LogP contribution is 2.20.